The molecule has 1 aliphatic rings. The number of piperidine rings is 1. The number of nitrogens with one attached hydrogen (secondary N) is 1. The summed E-state index contributed by atoms with van der Waals surface area (Å²) >= 11 is 0. The zero-order valence-corrected chi connectivity index (χ0v) is 12.5. The first-order valence-corrected chi connectivity index (χ1v) is 8.31. The van der Waals surface area contributed by atoms with Gasteiger partial charge in [0.1, 0.15) is 4.90 Å². The molecule has 0 unspecified atom stereocenters. The standard InChI is InChI=1S/C12H22N4O3S/c1-10-12(9-14-15-10)20(17,18)16-6-3-11(4-7-16)19-8-2-5-13/h9,11H,2-8,13H2,1H3,(H,14,15). The average molecular weight is 302 g/mol. The Hall–Kier alpha value is -0.960. The molecule has 8 heteroatoms. The van der Waals surface area contributed by atoms with Gasteiger partial charge in [-0.15, -0.1) is 0 Å². The van der Waals surface area contributed by atoms with Crippen LogP contribution in [0.4, 0.5) is 0 Å². The highest BCUT2D eigenvalue weighted by atomic mass is 32.2. The second-order valence-electron chi connectivity index (χ2n) is 4.98. The number of aromatic amines is 1. The Morgan fingerprint density at radius 2 is 2.20 bits per heavy atom. The molecular formula is C12H22N4O3S. The first-order valence-electron chi connectivity index (χ1n) is 6.87. The van der Waals surface area contributed by atoms with Crippen molar-refractivity contribution in [1.82, 2.24) is 14.5 Å². The summed E-state index contributed by atoms with van der Waals surface area (Å²) in [5.41, 5.74) is 5.99. The molecule has 0 atom stereocenters. The van der Waals surface area contributed by atoms with Crippen LogP contribution >= 0.6 is 0 Å². The van der Waals surface area contributed by atoms with E-state index in [0.29, 0.717) is 31.9 Å². The van der Waals surface area contributed by atoms with Gasteiger partial charge in [-0.25, -0.2) is 8.42 Å². The van der Waals surface area contributed by atoms with Gasteiger partial charge in [-0.05, 0) is 32.7 Å². The van der Waals surface area contributed by atoms with Gasteiger partial charge in [0.15, 0.2) is 0 Å². The molecule has 0 radical (unpaired) electrons. The van der Waals surface area contributed by atoms with Crippen molar-refractivity contribution in [2.24, 2.45) is 5.73 Å². The number of aryl methyl sites for hydroxylation is 1. The van der Waals surface area contributed by atoms with E-state index in [4.69, 9.17) is 10.5 Å². The number of hydrogen-bond acceptors (Lipinski definition) is 5. The number of hydrogen-bond donors (Lipinski definition) is 2. The minimum Gasteiger partial charge on any atom is -0.378 e. The van der Waals surface area contributed by atoms with E-state index >= 15 is 0 Å². The summed E-state index contributed by atoms with van der Waals surface area (Å²) < 4.78 is 32.1. The van der Waals surface area contributed by atoms with Crippen LogP contribution in [0.2, 0.25) is 0 Å². The summed E-state index contributed by atoms with van der Waals surface area (Å²) in [5.74, 6) is 0. The van der Waals surface area contributed by atoms with E-state index in [-0.39, 0.29) is 11.0 Å². The molecule has 20 heavy (non-hydrogen) atoms. The van der Waals surface area contributed by atoms with Gasteiger partial charge in [-0.1, -0.05) is 0 Å². The van der Waals surface area contributed by atoms with Crippen LogP contribution in [0, 0.1) is 6.92 Å². The predicted octanol–water partition coefficient (Wildman–Crippen LogP) is 0.237. The van der Waals surface area contributed by atoms with Crippen LogP contribution in [0.25, 0.3) is 0 Å². The van der Waals surface area contributed by atoms with Gasteiger partial charge >= 0.3 is 0 Å². The molecule has 1 aromatic heterocycles. The van der Waals surface area contributed by atoms with Crippen LogP contribution in [0.15, 0.2) is 11.1 Å². The summed E-state index contributed by atoms with van der Waals surface area (Å²) in [7, 11) is -3.43. The molecule has 0 spiro atoms. The van der Waals surface area contributed by atoms with Gasteiger partial charge in [0.2, 0.25) is 10.0 Å². The molecule has 7 nitrogen and oxygen atoms in total. The molecule has 1 aliphatic heterocycles. The molecule has 0 saturated carbocycles. The normalized spacial score (nSPS) is 18.5. The molecular weight excluding hydrogens is 280 g/mol. The molecule has 3 N–H and O–H groups in total. The fourth-order valence-corrected chi connectivity index (χ4v) is 3.90. The van der Waals surface area contributed by atoms with Crippen molar-refractivity contribution in [2.45, 2.75) is 37.2 Å². The minimum atomic E-state index is -3.43. The average Bonchev–Trinajstić information content (AvgIpc) is 2.87. The maximum Gasteiger partial charge on any atom is 0.246 e. The third-order valence-corrected chi connectivity index (χ3v) is 5.52. The Labute approximate surface area is 119 Å². The Morgan fingerprint density at radius 3 is 2.75 bits per heavy atom. The third kappa shape index (κ3) is 3.38. The zero-order chi connectivity index (χ0) is 14.6. The number of ether oxygens (including phenoxy) is 1. The Morgan fingerprint density at radius 1 is 1.50 bits per heavy atom. The molecule has 1 saturated heterocycles. The highest BCUT2D eigenvalue weighted by Crippen LogP contribution is 2.23. The van der Waals surface area contributed by atoms with E-state index in [2.05, 4.69) is 10.2 Å². The molecule has 0 amide bonds. The molecule has 0 aromatic carbocycles. The van der Waals surface area contributed by atoms with Crippen molar-refractivity contribution in [1.29, 1.82) is 0 Å². The maximum atomic E-state index is 12.4. The van der Waals surface area contributed by atoms with Crippen molar-refractivity contribution in [3.8, 4) is 0 Å². The third-order valence-electron chi connectivity index (χ3n) is 3.50. The predicted molar refractivity (Wildman–Crippen MR) is 74.7 cm³/mol. The van der Waals surface area contributed by atoms with Gasteiger partial charge in [0.05, 0.1) is 18.0 Å². The van der Waals surface area contributed by atoms with Gasteiger partial charge in [-0.3, -0.25) is 5.10 Å². The molecule has 2 rings (SSSR count). The van der Waals surface area contributed by atoms with Crippen molar-refractivity contribution < 1.29 is 13.2 Å². The van der Waals surface area contributed by atoms with Crippen LogP contribution in [0.3, 0.4) is 0 Å². The van der Waals surface area contributed by atoms with Crippen LogP contribution in [-0.4, -0.2) is 55.3 Å². The Balaban J connectivity index is 1.92. The first kappa shape index (κ1) is 15.4. The fraction of sp³-hybridized carbons (Fsp3) is 0.750. The van der Waals surface area contributed by atoms with Crippen molar-refractivity contribution in [3.63, 3.8) is 0 Å². The summed E-state index contributed by atoms with van der Waals surface area (Å²) in [6.45, 7) is 3.95. The number of nitrogens with two attached hydrogens (primary N) is 1. The SMILES string of the molecule is Cc1[nH]ncc1S(=O)(=O)N1CCC(OCCCN)CC1. The van der Waals surface area contributed by atoms with Crippen LogP contribution in [0.5, 0.6) is 0 Å². The van der Waals surface area contributed by atoms with Crippen LogP contribution in [0.1, 0.15) is 25.0 Å². The number of rotatable bonds is 6. The van der Waals surface area contributed by atoms with Crippen molar-refractivity contribution >= 4 is 10.0 Å². The van der Waals surface area contributed by atoms with E-state index in [0.717, 1.165) is 19.3 Å². The maximum absolute atomic E-state index is 12.4. The molecule has 1 fully saturated rings. The largest absolute Gasteiger partial charge is 0.378 e. The lowest BCUT2D eigenvalue weighted by Crippen LogP contribution is -2.41. The highest BCUT2D eigenvalue weighted by molar-refractivity contribution is 7.89. The summed E-state index contributed by atoms with van der Waals surface area (Å²) in [6, 6.07) is 0. The van der Waals surface area contributed by atoms with Crippen LogP contribution < -0.4 is 5.73 Å². The topological polar surface area (TPSA) is 101 Å². The fourth-order valence-electron chi connectivity index (χ4n) is 2.31. The summed E-state index contributed by atoms with van der Waals surface area (Å²) in [5, 5.41) is 6.44. The second-order valence-corrected chi connectivity index (χ2v) is 6.88. The number of H-pyrrole nitrogens is 1. The molecule has 0 aliphatic carbocycles. The minimum absolute atomic E-state index is 0.137. The quantitative estimate of drug-likeness (QED) is 0.733. The summed E-state index contributed by atoms with van der Waals surface area (Å²) in [6.07, 6.45) is 3.79. The number of sulfonamides is 1. The molecule has 2 heterocycles. The van der Waals surface area contributed by atoms with E-state index < -0.39 is 10.0 Å². The number of nitrogens with zero attached hydrogens (tertiary/aromatic N) is 2. The first-order chi connectivity index (χ1) is 9.55. The zero-order valence-electron chi connectivity index (χ0n) is 11.7. The van der Waals surface area contributed by atoms with E-state index in [9.17, 15) is 8.42 Å². The van der Waals surface area contributed by atoms with Crippen molar-refractivity contribution in [3.05, 3.63) is 11.9 Å². The van der Waals surface area contributed by atoms with Gasteiger partial charge in [0.25, 0.3) is 0 Å². The Kier molecular flexibility index (Phi) is 5.14. The van der Waals surface area contributed by atoms with E-state index in [1.807, 2.05) is 0 Å². The lowest BCUT2D eigenvalue weighted by atomic mass is 10.1. The second kappa shape index (κ2) is 6.66. The van der Waals surface area contributed by atoms with E-state index in [1.54, 1.807) is 6.92 Å². The highest BCUT2D eigenvalue weighted by Gasteiger charge is 2.31. The lowest BCUT2D eigenvalue weighted by molar-refractivity contribution is 0.0209. The molecule has 114 valence electrons. The lowest BCUT2D eigenvalue weighted by Gasteiger charge is -2.31. The number of aromatic nitrogens is 2. The molecule has 1 aromatic rings. The molecule has 0 bridgehead atoms. The monoisotopic (exact) mass is 302 g/mol. The Bertz CT molecular complexity index is 521. The van der Waals surface area contributed by atoms with Crippen molar-refractivity contribution in [2.75, 3.05) is 26.2 Å². The van der Waals surface area contributed by atoms with E-state index in [1.165, 1.54) is 10.5 Å². The van der Waals surface area contributed by atoms with Gasteiger partial charge in [0, 0.05) is 19.7 Å². The van der Waals surface area contributed by atoms with Crippen LogP contribution in [-0.2, 0) is 14.8 Å². The smallest absolute Gasteiger partial charge is 0.246 e. The summed E-state index contributed by atoms with van der Waals surface area (Å²) in [4.78, 5) is 0.264. The van der Waals surface area contributed by atoms with Gasteiger partial charge < -0.3 is 10.5 Å². The van der Waals surface area contributed by atoms with Gasteiger partial charge in [-0.2, -0.15) is 9.40 Å².